The van der Waals surface area contributed by atoms with Gasteiger partial charge < -0.3 is 14.6 Å². The van der Waals surface area contributed by atoms with E-state index in [-0.39, 0.29) is 30.6 Å². The molecule has 0 aliphatic heterocycles. The van der Waals surface area contributed by atoms with Crippen molar-refractivity contribution in [1.29, 1.82) is 0 Å². The third-order valence-electron chi connectivity index (χ3n) is 7.44. The van der Waals surface area contributed by atoms with Gasteiger partial charge in [-0.3, -0.25) is 10.2 Å². The first-order valence-electron chi connectivity index (χ1n) is 12.7. The highest BCUT2D eigenvalue weighted by Gasteiger charge is 2.53. The van der Waals surface area contributed by atoms with Gasteiger partial charge >= 0.3 is 28.5 Å². The Morgan fingerprint density at radius 1 is 1.05 bits per heavy atom. The highest BCUT2D eigenvalue weighted by molar-refractivity contribution is 7.62. The SMILES string of the molecule is COc1ccc(C2CCC(C(=O)O)(N(C(=O)NC(=O)N=S(=O)=O)c3ccc(C)cc3)C2)cc1OC1CCCC1. The number of carbonyl (C=O) groups is 3. The van der Waals surface area contributed by atoms with Crippen LogP contribution in [-0.2, 0) is 15.3 Å². The van der Waals surface area contributed by atoms with Crippen LogP contribution in [0.3, 0.4) is 0 Å². The monoisotopic (exact) mass is 557 g/mol. The second-order valence-electron chi connectivity index (χ2n) is 9.93. The molecule has 2 atom stereocenters. The zero-order valence-electron chi connectivity index (χ0n) is 21.8. The quantitative estimate of drug-likeness (QED) is 0.492. The standard InChI is InChI=1S/C27H31N3O8S/c1-17-7-10-20(11-8-17)30(26(34)28-25(33)29-39(35)36)27(24(31)32)14-13-19(16-27)18-9-12-22(37-2)23(15-18)38-21-5-3-4-6-21/h7-12,15,19,21H,3-6,13-14,16H2,1-2H3,(H,31,32)(H,28,33,34). The van der Waals surface area contributed by atoms with Crippen LogP contribution in [0.25, 0.3) is 0 Å². The maximum atomic E-state index is 13.3. The lowest BCUT2D eigenvalue weighted by atomic mass is 9.90. The molecule has 2 unspecified atom stereocenters. The Morgan fingerprint density at radius 3 is 2.36 bits per heavy atom. The molecule has 4 rings (SSSR count). The molecule has 0 heterocycles. The predicted molar refractivity (Wildman–Crippen MR) is 142 cm³/mol. The average molecular weight is 558 g/mol. The third kappa shape index (κ3) is 6.22. The summed E-state index contributed by atoms with van der Waals surface area (Å²) in [5.74, 6) is -0.297. The first-order valence-corrected chi connectivity index (χ1v) is 13.8. The van der Waals surface area contributed by atoms with Crippen LogP contribution in [0.4, 0.5) is 15.3 Å². The second kappa shape index (κ2) is 11.9. The molecule has 11 nitrogen and oxygen atoms in total. The van der Waals surface area contributed by atoms with E-state index in [0.29, 0.717) is 17.9 Å². The summed E-state index contributed by atoms with van der Waals surface area (Å²) in [5.41, 5.74) is 0.266. The summed E-state index contributed by atoms with van der Waals surface area (Å²) in [4.78, 5) is 39.2. The van der Waals surface area contributed by atoms with Crippen molar-refractivity contribution in [3.63, 3.8) is 0 Å². The van der Waals surface area contributed by atoms with Crippen molar-refractivity contribution < 1.29 is 37.4 Å². The highest BCUT2D eigenvalue weighted by Crippen LogP contribution is 2.47. The summed E-state index contributed by atoms with van der Waals surface area (Å²) in [6.07, 6.45) is 4.83. The van der Waals surface area contributed by atoms with Crippen LogP contribution in [0.5, 0.6) is 11.5 Å². The molecule has 12 heteroatoms. The van der Waals surface area contributed by atoms with Gasteiger partial charge in [-0.05, 0) is 87.6 Å². The van der Waals surface area contributed by atoms with Gasteiger partial charge in [0.15, 0.2) is 11.5 Å². The number of amides is 4. The maximum absolute atomic E-state index is 13.3. The Labute approximate surface area is 227 Å². The summed E-state index contributed by atoms with van der Waals surface area (Å²) in [6, 6.07) is 9.65. The first kappa shape index (κ1) is 28.1. The van der Waals surface area contributed by atoms with Crippen LogP contribution in [0.2, 0.25) is 0 Å². The minimum atomic E-state index is -3.08. The van der Waals surface area contributed by atoms with E-state index in [2.05, 4.69) is 4.36 Å². The Balaban J connectivity index is 1.69. The molecule has 2 aliphatic rings. The van der Waals surface area contributed by atoms with Crippen LogP contribution in [-0.4, -0.2) is 50.3 Å². The molecule has 208 valence electrons. The number of ether oxygens (including phenoxy) is 2. The molecule has 4 amide bonds. The van der Waals surface area contributed by atoms with Crippen molar-refractivity contribution in [3.8, 4) is 11.5 Å². The molecule has 0 saturated heterocycles. The predicted octanol–water partition coefficient (Wildman–Crippen LogP) is 4.81. The number of benzene rings is 2. The number of hydrogen-bond acceptors (Lipinski definition) is 7. The lowest BCUT2D eigenvalue weighted by Gasteiger charge is -2.37. The van der Waals surface area contributed by atoms with Gasteiger partial charge in [-0.2, -0.15) is 8.42 Å². The van der Waals surface area contributed by atoms with Crippen LogP contribution in [0.1, 0.15) is 62.0 Å². The molecule has 0 bridgehead atoms. The number of carbonyl (C=O) groups excluding carboxylic acids is 2. The second-order valence-corrected chi connectivity index (χ2v) is 10.5. The normalized spacial score (nSPS) is 20.7. The number of rotatable bonds is 7. The van der Waals surface area contributed by atoms with Gasteiger partial charge in [0.1, 0.15) is 5.54 Å². The van der Waals surface area contributed by atoms with Crippen molar-refractivity contribution in [3.05, 3.63) is 53.6 Å². The van der Waals surface area contributed by atoms with Gasteiger partial charge in [0.2, 0.25) is 0 Å². The Kier molecular flexibility index (Phi) is 8.54. The number of methoxy groups -OCH3 is 1. The van der Waals surface area contributed by atoms with E-state index in [1.165, 1.54) is 0 Å². The minimum absolute atomic E-state index is 0.0532. The Morgan fingerprint density at radius 2 is 1.74 bits per heavy atom. The third-order valence-corrected chi connectivity index (χ3v) is 7.75. The molecule has 39 heavy (non-hydrogen) atoms. The fourth-order valence-corrected chi connectivity index (χ4v) is 5.70. The van der Waals surface area contributed by atoms with Gasteiger partial charge in [-0.15, -0.1) is 0 Å². The Bertz CT molecular complexity index is 1380. The molecule has 2 aromatic rings. The van der Waals surface area contributed by atoms with Crippen molar-refractivity contribution in [1.82, 2.24) is 5.32 Å². The summed E-state index contributed by atoms with van der Waals surface area (Å²) in [7, 11) is -1.51. The zero-order valence-corrected chi connectivity index (χ0v) is 22.6. The van der Waals surface area contributed by atoms with Gasteiger partial charge in [0.05, 0.1) is 13.2 Å². The number of imide groups is 1. The molecule has 2 aromatic carbocycles. The molecule has 0 spiro atoms. The summed E-state index contributed by atoms with van der Waals surface area (Å²) < 4.78 is 36.1. The van der Waals surface area contributed by atoms with Crippen LogP contribution in [0, 0.1) is 6.92 Å². The number of urea groups is 2. The lowest BCUT2D eigenvalue weighted by Crippen LogP contribution is -2.59. The molecule has 0 aromatic heterocycles. The smallest absolute Gasteiger partial charge is 0.364 e. The van der Waals surface area contributed by atoms with E-state index in [1.807, 2.05) is 24.4 Å². The summed E-state index contributed by atoms with van der Waals surface area (Å²) in [5, 5.41) is 12.4. The molecular formula is C27H31N3O8S. The Hall–Kier alpha value is -3.93. The largest absolute Gasteiger partial charge is 0.493 e. The van der Waals surface area contributed by atoms with E-state index >= 15 is 0 Å². The van der Waals surface area contributed by atoms with Gasteiger partial charge in [0, 0.05) is 5.69 Å². The molecule has 2 fully saturated rings. The van der Waals surface area contributed by atoms with Crippen molar-refractivity contribution in [2.24, 2.45) is 4.36 Å². The number of nitrogens with zero attached hydrogens (tertiary/aromatic N) is 2. The van der Waals surface area contributed by atoms with E-state index in [4.69, 9.17) is 9.47 Å². The minimum Gasteiger partial charge on any atom is -0.493 e. The van der Waals surface area contributed by atoms with Gasteiger partial charge in [-0.1, -0.05) is 28.1 Å². The van der Waals surface area contributed by atoms with Crippen molar-refractivity contribution in [2.45, 2.75) is 69.4 Å². The zero-order chi connectivity index (χ0) is 28.2. The molecular weight excluding hydrogens is 526 g/mol. The van der Waals surface area contributed by atoms with Crippen LogP contribution >= 0.6 is 0 Å². The topological polar surface area (TPSA) is 152 Å². The van der Waals surface area contributed by atoms with Gasteiger partial charge in [0.25, 0.3) is 0 Å². The van der Waals surface area contributed by atoms with E-state index in [9.17, 15) is 27.9 Å². The number of hydrogen-bond donors (Lipinski definition) is 2. The van der Waals surface area contributed by atoms with Crippen LogP contribution in [0.15, 0.2) is 46.8 Å². The fraction of sp³-hybridized carbons (Fsp3) is 0.444. The number of carboxylic acid groups (broad SMARTS) is 1. The number of anilines is 1. The van der Waals surface area contributed by atoms with Gasteiger partial charge in [-0.25, -0.2) is 14.4 Å². The van der Waals surface area contributed by atoms with Crippen LogP contribution < -0.4 is 19.7 Å². The van der Waals surface area contributed by atoms with Crippen molar-refractivity contribution >= 4 is 34.2 Å². The number of nitrogens with one attached hydrogen (secondary N) is 1. The highest BCUT2D eigenvalue weighted by atomic mass is 32.2. The number of aliphatic carboxylic acids is 1. The molecule has 2 saturated carbocycles. The molecule has 2 N–H and O–H groups in total. The lowest BCUT2D eigenvalue weighted by molar-refractivity contribution is -0.143. The molecule has 2 aliphatic carbocycles. The van der Waals surface area contributed by atoms with E-state index in [1.54, 1.807) is 37.4 Å². The first-order chi connectivity index (χ1) is 18.6. The average Bonchev–Trinajstić information content (AvgIpc) is 3.56. The fourth-order valence-electron chi connectivity index (χ4n) is 5.52. The van der Waals surface area contributed by atoms with Crippen molar-refractivity contribution in [2.75, 3.05) is 12.0 Å². The number of carboxylic acids is 1. The maximum Gasteiger partial charge on any atom is 0.364 e. The summed E-state index contributed by atoms with van der Waals surface area (Å²) in [6.45, 7) is 1.84. The molecule has 0 radical (unpaired) electrons. The van der Waals surface area contributed by atoms with E-state index < -0.39 is 34.1 Å². The number of aryl methyl sites for hydroxylation is 1. The summed E-state index contributed by atoms with van der Waals surface area (Å²) >= 11 is 0. The van der Waals surface area contributed by atoms with E-state index in [0.717, 1.165) is 41.7 Å².